The molecule has 19 heavy (non-hydrogen) atoms. The Kier molecular flexibility index (Phi) is 4.31. The molecular formula is C13H15FN2O2S. The van der Waals surface area contributed by atoms with E-state index in [1.165, 1.54) is 18.2 Å². The lowest BCUT2D eigenvalue weighted by molar-refractivity contribution is -0.123. The van der Waals surface area contributed by atoms with Gasteiger partial charge in [-0.25, -0.2) is 4.39 Å². The lowest BCUT2D eigenvalue weighted by Crippen LogP contribution is -2.30. The highest BCUT2D eigenvalue weighted by atomic mass is 32.1. The smallest absolute Gasteiger partial charge is 0.257 e. The second kappa shape index (κ2) is 5.97. The summed E-state index contributed by atoms with van der Waals surface area (Å²) in [6.07, 6.45) is 2.33. The standard InChI is InChI=1S/C13H15FN2O2S/c14-9-2-1-3-10(12(9)13(15)19)18-7-11(17)16-6-8-4-5-8/h1-3,8H,4-7H2,(H2,15,19)(H,16,17). The fourth-order valence-corrected chi connectivity index (χ4v) is 1.84. The van der Waals surface area contributed by atoms with Gasteiger partial charge in [0, 0.05) is 6.54 Å². The van der Waals surface area contributed by atoms with Crippen LogP contribution in [0.1, 0.15) is 18.4 Å². The second-order valence-corrected chi connectivity index (χ2v) is 4.95. The minimum Gasteiger partial charge on any atom is -0.483 e. The molecule has 0 aromatic heterocycles. The van der Waals surface area contributed by atoms with Crippen molar-refractivity contribution in [2.75, 3.05) is 13.2 Å². The van der Waals surface area contributed by atoms with Gasteiger partial charge in [-0.15, -0.1) is 0 Å². The molecule has 2 rings (SSSR count). The largest absolute Gasteiger partial charge is 0.483 e. The number of nitrogens with one attached hydrogen (secondary N) is 1. The number of hydrogen-bond acceptors (Lipinski definition) is 3. The van der Waals surface area contributed by atoms with Crippen LogP contribution in [0.15, 0.2) is 18.2 Å². The Balaban J connectivity index is 1.92. The monoisotopic (exact) mass is 282 g/mol. The van der Waals surface area contributed by atoms with Crippen LogP contribution in [-0.2, 0) is 4.79 Å². The van der Waals surface area contributed by atoms with Crippen LogP contribution in [0.2, 0.25) is 0 Å². The highest BCUT2D eigenvalue weighted by Gasteiger charge is 2.21. The van der Waals surface area contributed by atoms with Gasteiger partial charge in [0.15, 0.2) is 6.61 Å². The quantitative estimate of drug-likeness (QED) is 0.773. The molecule has 0 saturated heterocycles. The third-order valence-corrected chi connectivity index (χ3v) is 3.07. The van der Waals surface area contributed by atoms with Gasteiger partial charge in [0.1, 0.15) is 16.6 Å². The summed E-state index contributed by atoms with van der Waals surface area (Å²) in [7, 11) is 0. The van der Waals surface area contributed by atoms with Crippen LogP contribution in [-0.4, -0.2) is 24.0 Å². The summed E-state index contributed by atoms with van der Waals surface area (Å²) in [4.78, 5) is 11.4. The Hall–Kier alpha value is -1.69. The Morgan fingerprint density at radius 1 is 1.53 bits per heavy atom. The molecular weight excluding hydrogens is 267 g/mol. The average Bonchev–Trinajstić information content (AvgIpc) is 3.17. The maximum Gasteiger partial charge on any atom is 0.257 e. The van der Waals surface area contributed by atoms with Crippen molar-refractivity contribution in [2.45, 2.75) is 12.8 Å². The summed E-state index contributed by atoms with van der Waals surface area (Å²) in [5.74, 6) is 0.00723. The molecule has 0 aliphatic heterocycles. The number of ether oxygens (including phenoxy) is 1. The first-order chi connectivity index (χ1) is 9.08. The maximum atomic E-state index is 13.5. The zero-order valence-corrected chi connectivity index (χ0v) is 11.1. The van der Waals surface area contributed by atoms with E-state index in [-0.39, 0.29) is 28.8 Å². The zero-order valence-electron chi connectivity index (χ0n) is 10.3. The lowest BCUT2D eigenvalue weighted by Gasteiger charge is -2.11. The normalized spacial score (nSPS) is 13.9. The van der Waals surface area contributed by atoms with Gasteiger partial charge in [-0.05, 0) is 30.9 Å². The molecule has 0 unspecified atom stereocenters. The van der Waals surface area contributed by atoms with Crippen LogP contribution in [0.25, 0.3) is 0 Å². The van der Waals surface area contributed by atoms with Crippen LogP contribution in [0.5, 0.6) is 5.75 Å². The van der Waals surface area contributed by atoms with E-state index in [0.717, 1.165) is 12.8 Å². The minimum atomic E-state index is -0.552. The molecule has 1 saturated carbocycles. The SMILES string of the molecule is NC(=S)c1c(F)cccc1OCC(=O)NCC1CC1. The fraction of sp³-hybridized carbons (Fsp3) is 0.385. The number of benzene rings is 1. The molecule has 1 aliphatic rings. The molecule has 3 N–H and O–H groups in total. The average molecular weight is 282 g/mol. The molecule has 6 heteroatoms. The first-order valence-electron chi connectivity index (χ1n) is 6.05. The minimum absolute atomic E-state index is 0.0347. The highest BCUT2D eigenvalue weighted by Crippen LogP contribution is 2.27. The number of rotatable bonds is 6. The summed E-state index contributed by atoms with van der Waals surface area (Å²) >= 11 is 4.77. The molecule has 0 spiro atoms. The molecule has 1 fully saturated rings. The Labute approximate surface area is 116 Å². The van der Waals surface area contributed by atoms with E-state index in [4.69, 9.17) is 22.7 Å². The van der Waals surface area contributed by atoms with E-state index in [0.29, 0.717) is 12.5 Å². The van der Waals surface area contributed by atoms with Gasteiger partial charge in [0.05, 0.1) is 5.56 Å². The van der Waals surface area contributed by atoms with Crippen molar-refractivity contribution in [1.82, 2.24) is 5.32 Å². The molecule has 1 aromatic carbocycles. The van der Waals surface area contributed by atoms with Crippen molar-refractivity contribution < 1.29 is 13.9 Å². The van der Waals surface area contributed by atoms with Crippen molar-refractivity contribution >= 4 is 23.1 Å². The van der Waals surface area contributed by atoms with Crippen molar-refractivity contribution in [3.63, 3.8) is 0 Å². The number of carbonyl (C=O) groups excluding carboxylic acids is 1. The lowest BCUT2D eigenvalue weighted by atomic mass is 10.2. The third-order valence-electron chi connectivity index (χ3n) is 2.87. The van der Waals surface area contributed by atoms with Gasteiger partial charge >= 0.3 is 0 Å². The van der Waals surface area contributed by atoms with E-state index in [1.807, 2.05) is 0 Å². The van der Waals surface area contributed by atoms with Crippen molar-refractivity contribution in [2.24, 2.45) is 11.7 Å². The first kappa shape index (κ1) is 13.7. The predicted octanol–water partition coefficient (Wildman–Crippen LogP) is 1.36. The van der Waals surface area contributed by atoms with Gasteiger partial charge < -0.3 is 15.8 Å². The van der Waals surface area contributed by atoms with Crippen molar-refractivity contribution in [3.05, 3.63) is 29.6 Å². The van der Waals surface area contributed by atoms with E-state index in [1.54, 1.807) is 0 Å². The molecule has 1 aromatic rings. The third kappa shape index (κ3) is 3.89. The van der Waals surface area contributed by atoms with Crippen LogP contribution < -0.4 is 15.8 Å². The zero-order chi connectivity index (χ0) is 13.8. The van der Waals surface area contributed by atoms with Gasteiger partial charge in [-0.3, -0.25) is 4.79 Å². The molecule has 0 bridgehead atoms. The van der Waals surface area contributed by atoms with Crippen molar-refractivity contribution in [3.8, 4) is 5.75 Å². The van der Waals surface area contributed by atoms with Crippen LogP contribution >= 0.6 is 12.2 Å². The number of halogens is 1. The topological polar surface area (TPSA) is 64.3 Å². The van der Waals surface area contributed by atoms with Gasteiger partial charge in [-0.1, -0.05) is 18.3 Å². The van der Waals surface area contributed by atoms with Crippen LogP contribution in [0.3, 0.4) is 0 Å². The summed E-state index contributed by atoms with van der Waals surface area (Å²) in [5.41, 5.74) is 5.47. The maximum absolute atomic E-state index is 13.5. The first-order valence-corrected chi connectivity index (χ1v) is 6.46. The van der Waals surface area contributed by atoms with Crippen molar-refractivity contribution in [1.29, 1.82) is 0 Å². The molecule has 0 radical (unpaired) electrons. The number of hydrogen-bond donors (Lipinski definition) is 2. The molecule has 0 heterocycles. The summed E-state index contributed by atoms with van der Waals surface area (Å²) in [5, 5.41) is 2.76. The predicted molar refractivity (Wildman–Crippen MR) is 73.5 cm³/mol. The highest BCUT2D eigenvalue weighted by molar-refractivity contribution is 7.80. The molecule has 1 aliphatic carbocycles. The van der Waals surface area contributed by atoms with Gasteiger partial charge in [0.2, 0.25) is 0 Å². The number of nitrogens with two attached hydrogens (primary N) is 1. The van der Waals surface area contributed by atoms with Gasteiger partial charge in [-0.2, -0.15) is 0 Å². The Bertz CT molecular complexity index is 503. The van der Waals surface area contributed by atoms with E-state index in [9.17, 15) is 9.18 Å². The molecule has 4 nitrogen and oxygen atoms in total. The van der Waals surface area contributed by atoms with E-state index >= 15 is 0 Å². The van der Waals surface area contributed by atoms with Gasteiger partial charge in [0.25, 0.3) is 5.91 Å². The summed E-state index contributed by atoms with van der Waals surface area (Å²) in [6.45, 7) is 0.499. The fourth-order valence-electron chi connectivity index (χ4n) is 1.64. The summed E-state index contributed by atoms with van der Waals surface area (Å²) in [6, 6.07) is 4.26. The summed E-state index contributed by atoms with van der Waals surface area (Å²) < 4.78 is 18.8. The van der Waals surface area contributed by atoms with E-state index in [2.05, 4.69) is 5.32 Å². The van der Waals surface area contributed by atoms with Crippen LogP contribution in [0.4, 0.5) is 4.39 Å². The molecule has 102 valence electrons. The van der Waals surface area contributed by atoms with Crippen LogP contribution in [0, 0.1) is 11.7 Å². The number of carbonyl (C=O) groups is 1. The molecule has 1 amide bonds. The number of thiocarbonyl (C=S) groups is 1. The van der Waals surface area contributed by atoms with E-state index < -0.39 is 5.82 Å². The Morgan fingerprint density at radius 3 is 2.89 bits per heavy atom. The Morgan fingerprint density at radius 2 is 2.26 bits per heavy atom. The number of amides is 1. The second-order valence-electron chi connectivity index (χ2n) is 4.51. The molecule has 0 atom stereocenters.